The largest absolute Gasteiger partial charge is 0.492 e. The summed E-state index contributed by atoms with van der Waals surface area (Å²) < 4.78 is 5.68. The maximum Gasteiger partial charge on any atom is 0.119 e. The van der Waals surface area contributed by atoms with Crippen molar-refractivity contribution >= 4 is 0 Å². The van der Waals surface area contributed by atoms with E-state index in [0.717, 1.165) is 31.8 Å². The number of rotatable bonds is 4. The lowest BCUT2D eigenvalue weighted by Gasteiger charge is -2.34. The zero-order valence-electron chi connectivity index (χ0n) is 11.4. The second kappa shape index (κ2) is 6.55. The Balaban J connectivity index is 1.73. The Hall–Kier alpha value is -1.57. The fourth-order valence-corrected chi connectivity index (χ4v) is 2.29. The molecule has 0 aliphatic carbocycles. The monoisotopic (exact) mass is 259 g/mol. The number of benzene rings is 1. The van der Waals surface area contributed by atoms with Crippen molar-refractivity contribution in [3.8, 4) is 11.8 Å². The Morgan fingerprint density at radius 1 is 1.42 bits per heavy atom. The second-order valence-corrected chi connectivity index (χ2v) is 5.22. The Kier molecular flexibility index (Phi) is 4.78. The molecule has 2 N–H and O–H groups in total. The number of hydrogen-bond acceptors (Lipinski definition) is 4. The fourth-order valence-electron chi connectivity index (χ4n) is 2.29. The molecule has 1 aliphatic rings. The van der Waals surface area contributed by atoms with E-state index in [1.807, 2.05) is 12.1 Å². The lowest BCUT2D eigenvalue weighted by Crippen LogP contribution is -2.48. The van der Waals surface area contributed by atoms with Gasteiger partial charge in [-0.25, -0.2) is 0 Å². The summed E-state index contributed by atoms with van der Waals surface area (Å²) in [6.45, 7) is 5.84. The molecule has 102 valence electrons. The van der Waals surface area contributed by atoms with Gasteiger partial charge in [0.1, 0.15) is 12.4 Å². The van der Waals surface area contributed by atoms with Crippen LogP contribution >= 0.6 is 0 Å². The highest BCUT2D eigenvalue weighted by molar-refractivity contribution is 5.34. The fraction of sp³-hybridized carbons (Fsp3) is 0.533. The van der Waals surface area contributed by atoms with Crippen molar-refractivity contribution in [1.29, 1.82) is 5.26 Å². The van der Waals surface area contributed by atoms with Crippen molar-refractivity contribution in [2.75, 3.05) is 26.2 Å². The summed E-state index contributed by atoms with van der Waals surface area (Å²) in [4.78, 5) is 2.36. The molecule has 0 amide bonds. The SMILES string of the molecule is CC1CCN(CCOc2ccc(C#N)cc2)CC1N. The van der Waals surface area contributed by atoms with Gasteiger partial charge in [0.25, 0.3) is 0 Å². The number of hydrogen-bond donors (Lipinski definition) is 1. The van der Waals surface area contributed by atoms with Gasteiger partial charge in [-0.3, -0.25) is 4.90 Å². The van der Waals surface area contributed by atoms with E-state index < -0.39 is 0 Å². The van der Waals surface area contributed by atoms with Crippen LogP contribution in [0.25, 0.3) is 0 Å². The van der Waals surface area contributed by atoms with Crippen molar-refractivity contribution in [3.63, 3.8) is 0 Å². The van der Waals surface area contributed by atoms with Crippen molar-refractivity contribution in [3.05, 3.63) is 29.8 Å². The minimum absolute atomic E-state index is 0.281. The van der Waals surface area contributed by atoms with Crippen LogP contribution in [0.15, 0.2) is 24.3 Å². The van der Waals surface area contributed by atoms with Gasteiger partial charge >= 0.3 is 0 Å². The average molecular weight is 259 g/mol. The van der Waals surface area contributed by atoms with E-state index in [-0.39, 0.29) is 6.04 Å². The molecule has 1 fully saturated rings. The van der Waals surface area contributed by atoms with Gasteiger partial charge in [-0.05, 0) is 43.1 Å². The average Bonchev–Trinajstić information content (AvgIpc) is 2.43. The molecule has 19 heavy (non-hydrogen) atoms. The number of piperidine rings is 1. The first-order chi connectivity index (χ1) is 9.19. The number of ether oxygens (including phenoxy) is 1. The third-order valence-corrected chi connectivity index (χ3v) is 3.76. The molecule has 0 saturated carbocycles. The molecule has 4 nitrogen and oxygen atoms in total. The molecule has 2 atom stereocenters. The van der Waals surface area contributed by atoms with Crippen LogP contribution in [0.5, 0.6) is 5.75 Å². The first-order valence-electron chi connectivity index (χ1n) is 6.80. The van der Waals surface area contributed by atoms with Crippen LogP contribution in [0.1, 0.15) is 18.9 Å². The van der Waals surface area contributed by atoms with Crippen molar-refractivity contribution in [2.24, 2.45) is 11.7 Å². The van der Waals surface area contributed by atoms with Gasteiger partial charge in [0, 0.05) is 19.1 Å². The molecule has 1 heterocycles. The lowest BCUT2D eigenvalue weighted by atomic mass is 9.94. The molecule has 1 aromatic rings. The van der Waals surface area contributed by atoms with Crippen LogP contribution < -0.4 is 10.5 Å². The van der Waals surface area contributed by atoms with Gasteiger partial charge in [0.05, 0.1) is 11.6 Å². The van der Waals surface area contributed by atoms with Crippen LogP contribution in [0.2, 0.25) is 0 Å². The number of likely N-dealkylation sites (tertiary alicyclic amines) is 1. The lowest BCUT2D eigenvalue weighted by molar-refractivity contribution is 0.143. The van der Waals surface area contributed by atoms with E-state index in [0.29, 0.717) is 18.1 Å². The molecule has 1 aromatic carbocycles. The molecule has 0 aromatic heterocycles. The predicted octanol–water partition coefficient (Wildman–Crippen LogP) is 1.61. The van der Waals surface area contributed by atoms with Crippen LogP contribution in [-0.2, 0) is 0 Å². The molecule has 2 unspecified atom stereocenters. The minimum atomic E-state index is 0.281. The first-order valence-corrected chi connectivity index (χ1v) is 6.80. The van der Waals surface area contributed by atoms with E-state index >= 15 is 0 Å². The zero-order valence-corrected chi connectivity index (χ0v) is 11.4. The summed E-state index contributed by atoms with van der Waals surface area (Å²) in [5, 5.41) is 8.71. The highest BCUT2D eigenvalue weighted by Gasteiger charge is 2.22. The molecule has 0 radical (unpaired) electrons. The molecular formula is C15H21N3O. The highest BCUT2D eigenvalue weighted by atomic mass is 16.5. The molecule has 1 aliphatic heterocycles. The Morgan fingerprint density at radius 2 is 2.16 bits per heavy atom. The molecule has 4 heteroatoms. The predicted molar refractivity (Wildman–Crippen MR) is 74.8 cm³/mol. The summed E-state index contributed by atoms with van der Waals surface area (Å²) in [6, 6.07) is 9.59. The summed E-state index contributed by atoms with van der Waals surface area (Å²) in [5.74, 6) is 1.43. The summed E-state index contributed by atoms with van der Waals surface area (Å²) in [5.41, 5.74) is 6.73. The van der Waals surface area contributed by atoms with Crippen LogP contribution in [0, 0.1) is 17.2 Å². The maximum absolute atomic E-state index is 8.71. The smallest absolute Gasteiger partial charge is 0.119 e. The first kappa shape index (κ1) is 13.9. The summed E-state index contributed by atoms with van der Waals surface area (Å²) in [7, 11) is 0. The van der Waals surface area contributed by atoms with E-state index in [9.17, 15) is 0 Å². The quantitative estimate of drug-likeness (QED) is 0.892. The molecule has 0 spiro atoms. The van der Waals surface area contributed by atoms with Gasteiger partial charge in [0.15, 0.2) is 0 Å². The molecule has 1 saturated heterocycles. The maximum atomic E-state index is 8.71. The second-order valence-electron chi connectivity index (χ2n) is 5.22. The summed E-state index contributed by atoms with van der Waals surface area (Å²) in [6.07, 6.45) is 1.16. The summed E-state index contributed by atoms with van der Waals surface area (Å²) >= 11 is 0. The van der Waals surface area contributed by atoms with Crippen LogP contribution in [-0.4, -0.2) is 37.2 Å². The van der Waals surface area contributed by atoms with Crippen molar-refractivity contribution in [1.82, 2.24) is 4.90 Å². The van der Waals surface area contributed by atoms with E-state index in [1.165, 1.54) is 0 Å². The Labute approximate surface area is 114 Å². The van der Waals surface area contributed by atoms with Crippen LogP contribution in [0.4, 0.5) is 0 Å². The minimum Gasteiger partial charge on any atom is -0.492 e. The van der Waals surface area contributed by atoms with E-state index in [2.05, 4.69) is 17.9 Å². The highest BCUT2D eigenvalue weighted by Crippen LogP contribution is 2.15. The Morgan fingerprint density at radius 3 is 2.79 bits per heavy atom. The number of nitrogens with two attached hydrogens (primary N) is 1. The standard InChI is InChI=1S/C15H21N3O/c1-12-6-7-18(11-15(12)17)8-9-19-14-4-2-13(10-16)3-5-14/h2-5,12,15H,6-9,11,17H2,1H3. The molecule has 0 bridgehead atoms. The third-order valence-electron chi connectivity index (χ3n) is 3.76. The molecule has 2 rings (SSSR count). The van der Waals surface area contributed by atoms with Gasteiger partial charge in [-0.15, -0.1) is 0 Å². The van der Waals surface area contributed by atoms with Crippen molar-refractivity contribution in [2.45, 2.75) is 19.4 Å². The normalized spacial score (nSPS) is 23.8. The number of nitriles is 1. The van der Waals surface area contributed by atoms with Gasteiger partial charge in [-0.1, -0.05) is 6.92 Å². The van der Waals surface area contributed by atoms with Gasteiger partial charge < -0.3 is 10.5 Å². The van der Waals surface area contributed by atoms with Gasteiger partial charge in [-0.2, -0.15) is 5.26 Å². The molecular weight excluding hydrogens is 238 g/mol. The third kappa shape index (κ3) is 3.95. The topological polar surface area (TPSA) is 62.3 Å². The van der Waals surface area contributed by atoms with E-state index in [4.69, 9.17) is 15.7 Å². The number of nitrogens with zero attached hydrogens (tertiary/aromatic N) is 2. The van der Waals surface area contributed by atoms with Gasteiger partial charge in [0.2, 0.25) is 0 Å². The van der Waals surface area contributed by atoms with Crippen LogP contribution in [0.3, 0.4) is 0 Å². The Bertz CT molecular complexity index is 438. The van der Waals surface area contributed by atoms with E-state index in [1.54, 1.807) is 12.1 Å². The zero-order chi connectivity index (χ0) is 13.7. The van der Waals surface area contributed by atoms with Crippen molar-refractivity contribution < 1.29 is 4.74 Å².